The number of hydrogen-bond acceptors (Lipinski definition) is 12. The molecule has 1 spiro atoms. The largest absolute Gasteiger partial charge is 0.417 e. The van der Waals surface area contributed by atoms with Crippen molar-refractivity contribution in [3.05, 3.63) is 34.3 Å². The second kappa shape index (κ2) is 37.1. The normalized spacial score (nSPS) is 26.8. The van der Waals surface area contributed by atoms with Gasteiger partial charge in [-0.3, -0.25) is 57.5 Å². The van der Waals surface area contributed by atoms with E-state index in [4.69, 9.17) is 11.6 Å². The fraction of sp³-hybridized carbons (Fsp3) is 0.757. The number of alkyl halides is 3. The summed E-state index contributed by atoms with van der Waals surface area (Å²) in [5.74, 6) is -8.66. The lowest BCUT2D eigenvalue weighted by Gasteiger charge is -2.45. The predicted molar refractivity (Wildman–Crippen MR) is 378 cm³/mol. The molecule has 570 valence electrons. The maximum absolute atomic E-state index is 15.9. The summed E-state index contributed by atoms with van der Waals surface area (Å²) in [5, 5.41) is 8.25. The fourth-order valence-electron chi connectivity index (χ4n) is 16.0. The summed E-state index contributed by atoms with van der Waals surface area (Å²) in [6, 6.07) is -5.52. The zero-order valence-electron chi connectivity index (χ0n) is 62.1. The van der Waals surface area contributed by atoms with Gasteiger partial charge >= 0.3 is 6.18 Å². The van der Waals surface area contributed by atoms with Crippen molar-refractivity contribution >= 4 is 82.5 Å². The molecule has 8 atom stereocenters. The molecule has 0 unspecified atom stereocenters. The molecule has 0 bridgehead atoms. The Labute approximate surface area is 605 Å². The van der Waals surface area contributed by atoms with Gasteiger partial charge in [-0.2, -0.15) is 13.2 Å². The summed E-state index contributed by atoms with van der Waals surface area (Å²) in [5.41, 5.74) is -2.35. The number of benzene rings is 1. The second-order valence-corrected chi connectivity index (χ2v) is 30.9. The van der Waals surface area contributed by atoms with Gasteiger partial charge in [-0.15, -0.1) is 0 Å². The molecule has 3 aliphatic heterocycles. The van der Waals surface area contributed by atoms with Crippen LogP contribution >= 0.6 is 11.6 Å². The molecule has 3 saturated heterocycles. The van der Waals surface area contributed by atoms with Crippen LogP contribution in [-0.4, -0.2) is 251 Å². The quantitative estimate of drug-likeness (QED) is 0.206. The molecule has 102 heavy (non-hydrogen) atoms. The number of carbonyl (C=O) groups is 12. The van der Waals surface area contributed by atoms with E-state index in [1.54, 1.807) is 11.8 Å². The Balaban J connectivity index is 1.30. The van der Waals surface area contributed by atoms with E-state index in [9.17, 15) is 41.9 Å². The molecule has 7 rings (SSSR count). The fourth-order valence-corrected chi connectivity index (χ4v) is 16.3. The smallest absolute Gasteiger partial charge is 0.343 e. The van der Waals surface area contributed by atoms with Crippen LogP contribution in [0.25, 0.3) is 0 Å². The summed E-state index contributed by atoms with van der Waals surface area (Å²) in [7, 11) is 10.1. The van der Waals surface area contributed by atoms with Crippen LogP contribution in [0.4, 0.5) is 13.2 Å². The number of piperidine rings is 1. The molecule has 12 amide bonds. The lowest BCUT2D eigenvalue weighted by Crippen LogP contribution is -2.66. The van der Waals surface area contributed by atoms with Gasteiger partial charge < -0.3 is 60.0 Å². The Hall–Kier alpha value is -7.06. The van der Waals surface area contributed by atoms with E-state index in [-0.39, 0.29) is 63.3 Å². The Bertz CT molecular complexity index is 3150. The number of rotatable bonds is 11. The van der Waals surface area contributed by atoms with Gasteiger partial charge in [-0.05, 0) is 125 Å². The number of fused-ring (bicyclic) bond motifs is 1. The Kier molecular flexibility index (Phi) is 29.9. The minimum absolute atomic E-state index is 0.0193. The van der Waals surface area contributed by atoms with Crippen molar-refractivity contribution in [3.63, 3.8) is 0 Å². The molecule has 3 saturated carbocycles. The first-order valence-electron chi connectivity index (χ1n) is 37.4. The SMILES string of the molecule is CC[C@H](C)[C@@H]1NC(=O)[C@H](CC(C)C)N(C)C(=O)C[C@@H](C(=O)N2CCCCC2)N(C)C(=O)[C@H](C2CCCCC2)N(C)C(=O)C2(CCCCC2)NC(=O)[C@@H]2CCCN2C(=O)[C@H](CCc2ccc(C(F)(F)F)c(Cl)c2)NC(=O)CN(C)C(=O)[C@H](CC2CCCCC2)N(C)C(=O)CN(C)C(=O)CN(C)C1=O. The topological polar surface area (TPSA) is 270 Å². The number of hydrogen-bond donors (Lipinski definition) is 3. The number of halogens is 4. The third kappa shape index (κ3) is 20.9. The van der Waals surface area contributed by atoms with Crippen molar-refractivity contribution in [2.75, 3.05) is 88.6 Å². The summed E-state index contributed by atoms with van der Waals surface area (Å²) in [6.45, 7) is 6.48. The number of nitrogens with one attached hydrogen (secondary N) is 3. The lowest BCUT2D eigenvalue weighted by molar-refractivity contribution is -0.157. The molecule has 3 heterocycles. The van der Waals surface area contributed by atoms with E-state index in [0.29, 0.717) is 70.0 Å². The molecule has 6 fully saturated rings. The first-order chi connectivity index (χ1) is 48.2. The minimum Gasteiger partial charge on any atom is -0.343 e. The van der Waals surface area contributed by atoms with Crippen LogP contribution in [0.2, 0.25) is 5.02 Å². The van der Waals surface area contributed by atoms with Crippen LogP contribution in [0.5, 0.6) is 0 Å². The number of carbonyl (C=O) groups excluding carboxylic acids is 12. The van der Waals surface area contributed by atoms with Crippen molar-refractivity contribution < 1.29 is 70.7 Å². The molecule has 0 aromatic heterocycles. The van der Waals surface area contributed by atoms with Crippen LogP contribution < -0.4 is 16.0 Å². The summed E-state index contributed by atoms with van der Waals surface area (Å²) in [4.78, 5) is 192. The number of amides is 12. The van der Waals surface area contributed by atoms with Gasteiger partial charge in [0.2, 0.25) is 70.9 Å². The number of likely N-dealkylation sites (N-methyl/N-ethyl adjacent to an activating group) is 7. The summed E-state index contributed by atoms with van der Waals surface area (Å²) < 4.78 is 41.7. The first kappa shape index (κ1) is 82.2. The van der Waals surface area contributed by atoms with Gasteiger partial charge in [0.25, 0.3) is 0 Å². The van der Waals surface area contributed by atoms with Gasteiger partial charge in [0.05, 0.1) is 36.6 Å². The van der Waals surface area contributed by atoms with E-state index in [1.807, 2.05) is 20.8 Å². The number of aryl methyl sites for hydroxylation is 1. The molecule has 3 aliphatic carbocycles. The molecular weight excluding hydrogens is 1340 g/mol. The molecule has 28 heteroatoms. The molecule has 1 aromatic carbocycles. The lowest BCUT2D eigenvalue weighted by atomic mass is 9.78. The summed E-state index contributed by atoms with van der Waals surface area (Å²) >= 11 is 6.17. The molecular formula is C74H114ClF3N12O12. The standard InChI is InChI=1S/C74H114ClF3N12O12/c1-12-48(4)63-70(100)84(7)45-61(93)82(5)46-62(94)86(9)57(42-49-26-17-13-18-27-49)68(98)83(6)44-59(91)79-54(34-32-50-31-33-52(53(75)41-50)74(76,77)78)67(97)90-39-25-30-55(90)66(96)81-73(35-21-15-22-36-73)72(102)88(11)64(51-28-19-14-20-29-51)71(101)87(10)58(69(99)89-37-23-16-24-38-89)43-60(92)85(8)56(40-47(2)3)65(95)80-63/h31,33,41,47-49,51,54-58,63-64H,12-30,32,34-40,42-46H2,1-11H3,(H,79,91)(H,80,95)(H,81,96)/t48-,54-,55-,56-,57-,58-,63-,64-/m0/s1. The highest BCUT2D eigenvalue weighted by Gasteiger charge is 2.51. The third-order valence-electron chi connectivity index (χ3n) is 22.6. The number of likely N-dealkylation sites (tertiary alicyclic amines) is 1. The van der Waals surface area contributed by atoms with Gasteiger partial charge in [-0.1, -0.05) is 122 Å². The highest BCUT2D eigenvalue weighted by atomic mass is 35.5. The van der Waals surface area contributed by atoms with Crippen molar-refractivity contribution in [2.24, 2.45) is 23.7 Å². The number of nitrogens with zero attached hydrogens (tertiary/aromatic N) is 9. The molecule has 6 aliphatic rings. The van der Waals surface area contributed by atoms with E-state index < -0.39 is 173 Å². The Morgan fingerprint density at radius 2 is 1.20 bits per heavy atom. The molecule has 3 N–H and O–H groups in total. The predicted octanol–water partition coefficient (Wildman–Crippen LogP) is 6.81. The maximum atomic E-state index is 15.9. The van der Waals surface area contributed by atoms with Crippen LogP contribution in [-0.2, 0) is 70.1 Å². The van der Waals surface area contributed by atoms with E-state index in [0.717, 1.165) is 91.0 Å². The first-order valence-corrected chi connectivity index (χ1v) is 37.7. The van der Waals surface area contributed by atoms with E-state index in [1.165, 1.54) is 79.9 Å². The third-order valence-corrected chi connectivity index (χ3v) is 22.9. The van der Waals surface area contributed by atoms with Crippen molar-refractivity contribution in [2.45, 2.75) is 249 Å². The molecule has 24 nitrogen and oxygen atoms in total. The van der Waals surface area contributed by atoms with Gasteiger partial charge in [0.1, 0.15) is 47.8 Å². The van der Waals surface area contributed by atoms with Crippen molar-refractivity contribution in [1.82, 2.24) is 60.0 Å². The van der Waals surface area contributed by atoms with Gasteiger partial charge in [-0.25, -0.2) is 0 Å². The van der Waals surface area contributed by atoms with E-state index >= 15 is 28.8 Å². The average Bonchev–Trinajstić information content (AvgIpc) is 0.963. The Morgan fingerprint density at radius 1 is 0.608 bits per heavy atom. The Morgan fingerprint density at radius 3 is 1.80 bits per heavy atom. The molecule has 0 radical (unpaired) electrons. The van der Waals surface area contributed by atoms with Crippen LogP contribution in [0.1, 0.15) is 199 Å². The highest BCUT2D eigenvalue weighted by molar-refractivity contribution is 6.31. The zero-order valence-corrected chi connectivity index (χ0v) is 62.9. The van der Waals surface area contributed by atoms with Crippen molar-refractivity contribution in [1.29, 1.82) is 0 Å². The van der Waals surface area contributed by atoms with Gasteiger partial charge in [0, 0.05) is 69.0 Å². The highest BCUT2D eigenvalue weighted by Crippen LogP contribution is 2.38. The van der Waals surface area contributed by atoms with Crippen LogP contribution in [0.15, 0.2) is 18.2 Å². The van der Waals surface area contributed by atoms with Crippen LogP contribution in [0, 0.1) is 23.7 Å². The monoisotopic (exact) mass is 1450 g/mol. The van der Waals surface area contributed by atoms with E-state index in [2.05, 4.69) is 16.0 Å². The van der Waals surface area contributed by atoms with Crippen molar-refractivity contribution in [3.8, 4) is 0 Å². The second-order valence-electron chi connectivity index (χ2n) is 30.5. The average molecular weight is 1460 g/mol. The van der Waals surface area contributed by atoms with Crippen LogP contribution in [0.3, 0.4) is 0 Å². The minimum atomic E-state index is -4.76. The van der Waals surface area contributed by atoms with Gasteiger partial charge in [0.15, 0.2) is 0 Å². The molecule has 1 aromatic rings. The maximum Gasteiger partial charge on any atom is 0.417 e. The summed E-state index contributed by atoms with van der Waals surface area (Å²) in [6.07, 6.45) is 7.86. The zero-order chi connectivity index (χ0) is 75.1.